The van der Waals surface area contributed by atoms with Crippen LogP contribution in [0.3, 0.4) is 0 Å². The van der Waals surface area contributed by atoms with Gasteiger partial charge in [0.25, 0.3) is 4.45 Å². The van der Waals surface area contributed by atoms with Crippen molar-refractivity contribution < 1.29 is 13.6 Å². The Morgan fingerprint density at radius 2 is 1.79 bits per heavy atom. The zero-order valence-electron chi connectivity index (χ0n) is 8.26. The van der Waals surface area contributed by atoms with Crippen molar-refractivity contribution in [1.82, 2.24) is 4.67 Å². The number of hydrogen-bond acceptors (Lipinski definition) is 5. The van der Waals surface area contributed by atoms with Crippen molar-refractivity contribution in [3.05, 3.63) is 0 Å². The molecule has 0 aromatic heterocycles. The number of rotatable bonds is 3. The third kappa shape index (κ3) is 1.77. The van der Waals surface area contributed by atoms with E-state index in [0.29, 0.717) is 13.1 Å². The van der Waals surface area contributed by atoms with Crippen LogP contribution < -0.4 is 0 Å². The Kier molecular flexibility index (Phi) is 3.23. The molecule has 0 amide bonds. The molecular weight excluding hydrogens is 241 g/mol. The molecule has 14 heavy (non-hydrogen) atoms. The zero-order valence-corrected chi connectivity index (χ0v) is 10.8. The van der Waals surface area contributed by atoms with E-state index in [2.05, 4.69) is 0 Å². The first-order valence-electron chi connectivity index (χ1n) is 4.69. The van der Waals surface area contributed by atoms with Crippen molar-refractivity contribution >= 4 is 31.3 Å². The van der Waals surface area contributed by atoms with E-state index in [9.17, 15) is 4.57 Å². The third-order valence-electron chi connectivity index (χ3n) is 2.17. The van der Waals surface area contributed by atoms with E-state index in [1.54, 1.807) is 28.2 Å². The molecule has 2 heterocycles. The van der Waals surface area contributed by atoms with Crippen molar-refractivity contribution in [2.45, 2.75) is 18.3 Å². The van der Waals surface area contributed by atoms with Crippen LogP contribution in [-0.4, -0.2) is 33.7 Å². The van der Waals surface area contributed by atoms with Gasteiger partial charge in [-0.25, -0.2) is 18.3 Å². The maximum absolute atomic E-state index is 12.0. The highest BCUT2D eigenvalue weighted by atomic mass is 32.2. The molecule has 0 bridgehead atoms. The van der Waals surface area contributed by atoms with Crippen LogP contribution >= 0.6 is 31.3 Å². The fourth-order valence-corrected chi connectivity index (χ4v) is 6.93. The first-order chi connectivity index (χ1) is 6.64. The summed E-state index contributed by atoms with van der Waals surface area (Å²) in [4.78, 5) is 0. The summed E-state index contributed by atoms with van der Waals surface area (Å²) >= 11 is 3.18. The van der Waals surface area contributed by atoms with Gasteiger partial charge in [-0.05, 0) is 0 Å². The van der Waals surface area contributed by atoms with E-state index in [1.165, 1.54) is 0 Å². The van der Waals surface area contributed by atoms with Crippen LogP contribution in [0.1, 0.15) is 13.8 Å². The molecule has 2 fully saturated rings. The Balaban J connectivity index is 1.99. The van der Waals surface area contributed by atoms with Gasteiger partial charge in [-0.1, -0.05) is 37.4 Å². The predicted molar refractivity (Wildman–Crippen MR) is 60.3 cm³/mol. The van der Waals surface area contributed by atoms with E-state index in [1.807, 2.05) is 13.8 Å². The van der Waals surface area contributed by atoms with Crippen molar-refractivity contribution in [3.63, 3.8) is 0 Å². The Morgan fingerprint density at radius 3 is 2.21 bits per heavy atom. The molecule has 2 rings (SSSR count). The van der Waals surface area contributed by atoms with Gasteiger partial charge in [0.2, 0.25) is 0 Å². The van der Waals surface area contributed by atoms with Gasteiger partial charge in [-0.2, -0.15) is 0 Å². The highest BCUT2D eigenvalue weighted by molar-refractivity contribution is 8.21. The zero-order chi connectivity index (χ0) is 10.2. The molecule has 0 unspecified atom stereocenters. The Hall–Kier alpha value is 0.810. The second kappa shape index (κ2) is 4.00. The average Bonchev–Trinajstić information content (AvgIpc) is 2.54. The summed E-state index contributed by atoms with van der Waals surface area (Å²) < 4.78 is 24.2. The lowest BCUT2D eigenvalue weighted by molar-refractivity contribution is -0.0717. The summed E-state index contributed by atoms with van der Waals surface area (Å²) in [5, 5.41) is 0. The molecule has 2 aliphatic rings. The molecule has 0 aromatic carbocycles. The Morgan fingerprint density at radius 1 is 1.29 bits per heavy atom. The van der Waals surface area contributed by atoms with Crippen molar-refractivity contribution in [2.75, 3.05) is 24.6 Å². The topological polar surface area (TPSA) is 38.8 Å². The normalized spacial score (nSPS) is 28.2. The standard InChI is InChI=1S/C7H14NO3PS2/c1-3-8(4-2)12(9)10-7(11-12)13-5-6-14-7/h3-6H2,1-2H3. The van der Waals surface area contributed by atoms with Crippen molar-refractivity contribution in [2.24, 2.45) is 0 Å². The minimum absolute atomic E-state index is 0.641. The maximum Gasteiger partial charge on any atom is 0.415 e. The maximum atomic E-state index is 12.0. The van der Waals surface area contributed by atoms with E-state index < -0.39 is 12.2 Å². The quantitative estimate of drug-likeness (QED) is 0.722. The molecular formula is C7H14NO3PS2. The second-order valence-electron chi connectivity index (χ2n) is 2.99. The molecule has 0 N–H and O–H groups in total. The molecule has 0 aromatic rings. The highest BCUT2D eigenvalue weighted by Gasteiger charge is 2.61. The van der Waals surface area contributed by atoms with Gasteiger partial charge in [-0.3, -0.25) is 0 Å². The summed E-state index contributed by atoms with van der Waals surface area (Å²) in [6.07, 6.45) is 0. The molecule has 4 nitrogen and oxygen atoms in total. The fraction of sp³-hybridized carbons (Fsp3) is 1.00. The molecule has 0 saturated carbocycles. The summed E-state index contributed by atoms with van der Waals surface area (Å²) in [6.45, 7) is 5.30. The molecule has 0 aliphatic carbocycles. The van der Waals surface area contributed by atoms with Gasteiger partial charge in [0.05, 0.1) is 0 Å². The Labute approximate surface area is 92.7 Å². The van der Waals surface area contributed by atoms with Crippen LogP contribution in [-0.2, 0) is 13.6 Å². The van der Waals surface area contributed by atoms with E-state index in [4.69, 9.17) is 9.05 Å². The lowest BCUT2D eigenvalue weighted by atomic mass is 10.7. The van der Waals surface area contributed by atoms with E-state index >= 15 is 0 Å². The number of hydrogen-bond donors (Lipinski definition) is 0. The first kappa shape index (κ1) is 11.3. The van der Waals surface area contributed by atoms with Crippen molar-refractivity contribution in [3.8, 4) is 0 Å². The molecule has 0 radical (unpaired) electrons. The first-order valence-corrected chi connectivity index (χ1v) is 8.15. The second-order valence-corrected chi connectivity index (χ2v) is 7.58. The monoisotopic (exact) mass is 255 g/mol. The van der Waals surface area contributed by atoms with Crippen molar-refractivity contribution in [1.29, 1.82) is 0 Å². The van der Waals surface area contributed by atoms with Crippen LogP contribution in [0.4, 0.5) is 0 Å². The molecule has 7 heteroatoms. The molecule has 2 saturated heterocycles. The third-order valence-corrected chi connectivity index (χ3v) is 7.72. The molecule has 82 valence electrons. The fourth-order valence-electron chi connectivity index (χ4n) is 1.46. The number of nitrogens with zero attached hydrogens (tertiary/aromatic N) is 1. The van der Waals surface area contributed by atoms with Crippen LogP contribution in [0, 0.1) is 0 Å². The lowest BCUT2D eigenvalue weighted by Crippen LogP contribution is -2.41. The van der Waals surface area contributed by atoms with Crippen LogP contribution in [0.15, 0.2) is 0 Å². The van der Waals surface area contributed by atoms with Gasteiger partial charge in [0, 0.05) is 24.6 Å². The van der Waals surface area contributed by atoms with Crippen LogP contribution in [0.25, 0.3) is 0 Å². The Bertz CT molecular complexity index is 254. The SMILES string of the molecule is CCN(CC)P1(=O)OC2(O1)SCCS2. The molecule has 0 atom stereocenters. The van der Waals surface area contributed by atoms with Gasteiger partial charge in [-0.15, -0.1) is 0 Å². The number of thioether (sulfide) groups is 2. The smallest absolute Gasteiger partial charge is 0.243 e. The molecule has 1 spiro atoms. The summed E-state index contributed by atoms with van der Waals surface area (Å²) in [5.41, 5.74) is 0. The minimum Gasteiger partial charge on any atom is -0.243 e. The summed E-state index contributed by atoms with van der Waals surface area (Å²) in [6, 6.07) is 0. The lowest BCUT2D eigenvalue weighted by Gasteiger charge is -2.45. The van der Waals surface area contributed by atoms with E-state index in [0.717, 1.165) is 11.5 Å². The van der Waals surface area contributed by atoms with Gasteiger partial charge < -0.3 is 0 Å². The molecule has 2 aliphatic heterocycles. The van der Waals surface area contributed by atoms with Gasteiger partial charge in [0.15, 0.2) is 0 Å². The largest absolute Gasteiger partial charge is 0.415 e. The predicted octanol–water partition coefficient (Wildman–Crippen LogP) is 2.57. The average molecular weight is 255 g/mol. The van der Waals surface area contributed by atoms with E-state index in [-0.39, 0.29) is 0 Å². The van der Waals surface area contributed by atoms with Gasteiger partial charge in [0.1, 0.15) is 0 Å². The summed E-state index contributed by atoms with van der Waals surface area (Å²) in [5.74, 6) is 2.01. The van der Waals surface area contributed by atoms with Crippen LogP contribution in [0.2, 0.25) is 0 Å². The van der Waals surface area contributed by atoms with Crippen LogP contribution in [0.5, 0.6) is 0 Å². The highest BCUT2D eigenvalue weighted by Crippen LogP contribution is 2.74. The minimum atomic E-state index is -2.93. The summed E-state index contributed by atoms with van der Waals surface area (Å²) in [7, 11) is -2.93. The van der Waals surface area contributed by atoms with Gasteiger partial charge >= 0.3 is 7.75 Å².